The summed E-state index contributed by atoms with van der Waals surface area (Å²) in [6.45, 7) is 4.92. The fourth-order valence-electron chi connectivity index (χ4n) is 3.27. The highest BCUT2D eigenvalue weighted by atomic mass is 32.2. The molecule has 154 valence electrons. The first-order valence-electron chi connectivity index (χ1n) is 9.50. The number of anilines is 1. The quantitative estimate of drug-likeness (QED) is 0.731. The number of carbonyl (C=O) groups is 2. The standard InChI is InChI=1S/C21H25N3O4S/c1-16(21(26)22-19-10-8-18(9-11-19)17(2)25)23-12-14-24(15-13-23)29(27,28)20-6-4-3-5-7-20/h3-11,16H,12-15H2,1-2H3,(H,22,26)/t16-/m1/s1. The fraction of sp³-hybridized carbons (Fsp3) is 0.333. The Bertz CT molecular complexity index is 967. The molecule has 0 aromatic heterocycles. The highest BCUT2D eigenvalue weighted by Gasteiger charge is 2.31. The molecule has 2 aromatic rings. The zero-order valence-electron chi connectivity index (χ0n) is 16.5. The number of nitrogens with one attached hydrogen (secondary N) is 1. The van der Waals surface area contributed by atoms with E-state index >= 15 is 0 Å². The fourth-order valence-corrected chi connectivity index (χ4v) is 4.72. The second-order valence-corrected chi connectivity index (χ2v) is 8.99. The van der Waals surface area contributed by atoms with Gasteiger partial charge < -0.3 is 5.32 Å². The van der Waals surface area contributed by atoms with Gasteiger partial charge in [-0.15, -0.1) is 0 Å². The van der Waals surface area contributed by atoms with E-state index in [0.29, 0.717) is 37.4 Å². The third-order valence-corrected chi connectivity index (χ3v) is 7.05. The molecule has 1 heterocycles. The third kappa shape index (κ3) is 4.90. The van der Waals surface area contributed by atoms with Gasteiger partial charge in [0.05, 0.1) is 10.9 Å². The van der Waals surface area contributed by atoms with E-state index in [-0.39, 0.29) is 16.6 Å². The van der Waals surface area contributed by atoms with Crippen molar-refractivity contribution in [3.8, 4) is 0 Å². The minimum Gasteiger partial charge on any atom is -0.325 e. The zero-order valence-corrected chi connectivity index (χ0v) is 17.4. The number of carbonyl (C=O) groups excluding carboxylic acids is 2. The molecular formula is C21H25N3O4S. The summed E-state index contributed by atoms with van der Waals surface area (Å²) in [4.78, 5) is 26.2. The van der Waals surface area contributed by atoms with Crippen molar-refractivity contribution in [2.75, 3.05) is 31.5 Å². The molecule has 1 atom stereocenters. The Labute approximate surface area is 171 Å². The number of hydrogen-bond donors (Lipinski definition) is 1. The lowest BCUT2D eigenvalue weighted by Crippen LogP contribution is -2.53. The summed E-state index contributed by atoms with van der Waals surface area (Å²) < 4.78 is 26.9. The lowest BCUT2D eigenvalue weighted by molar-refractivity contribution is -0.121. The average molecular weight is 416 g/mol. The molecule has 2 aromatic carbocycles. The molecule has 1 fully saturated rings. The molecule has 0 unspecified atom stereocenters. The zero-order chi connectivity index (χ0) is 21.0. The van der Waals surface area contributed by atoms with Crippen LogP contribution in [0, 0.1) is 0 Å². The minimum absolute atomic E-state index is 0.0282. The average Bonchev–Trinajstić information content (AvgIpc) is 2.74. The van der Waals surface area contributed by atoms with Crippen molar-refractivity contribution in [3.05, 3.63) is 60.2 Å². The van der Waals surface area contributed by atoms with Crippen LogP contribution in [0.25, 0.3) is 0 Å². The second-order valence-electron chi connectivity index (χ2n) is 7.05. The molecule has 0 saturated carbocycles. The summed E-state index contributed by atoms with van der Waals surface area (Å²) >= 11 is 0. The van der Waals surface area contributed by atoms with E-state index < -0.39 is 16.1 Å². The molecule has 7 nitrogen and oxygen atoms in total. The van der Waals surface area contributed by atoms with Crippen LogP contribution in [-0.2, 0) is 14.8 Å². The number of amides is 1. The molecule has 1 aliphatic heterocycles. The van der Waals surface area contributed by atoms with Crippen LogP contribution >= 0.6 is 0 Å². The predicted molar refractivity (Wildman–Crippen MR) is 111 cm³/mol. The van der Waals surface area contributed by atoms with E-state index in [1.54, 1.807) is 61.5 Å². The van der Waals surface area contributed by atoms with E-state index in [1.807, 2.05) is 4.90 Å². The molecule has 1 aliphatic rings. The number of sulfonamides is 1. The van der Waals surface area contributed by atoms with Gasteiger partial charge in [0.15, 0.2) is 5.78 Å². The van der Waals surface area contributed by atoms with Crippen molar-refractivity contribution in [3.63, 3.8) is 0 Å². The highest BCUT2D eigenvalue weighted by molar-refractivity contribution is 7.89. The molecular weight excluding hydrogens is 390 g/mol. The van der Waals surface area contributed by atoms with Gasteiger partial charge in [0.1, 0.15) is 0 Å². The Balaban J connectivity index is 1.57. The van der Waals surface area contributed by atoms with Gasteiger partial charge in [-0.2, -0.15) is 4.31 Å². The number of nitrogens with zero attached hydrogens (tertiary/aromatic N) is 2. The van der Waals surface area contributed by atoms with Crippen LogP contribution in [0.5, 0.6) is 0 Å². The molecule has 1 amide bonds. The number of piperazine rings is 1. The number of Topliss-reactive ketones (excluding diaryl/α,β-unsaturated/α-hetero) is 1. The minimum atomic E-state index is -3.51. The number of ketones is 1. The molecule has 3 rings (SSSR count). The van der Waals surface area contributed by atoms with Crippen molar-refractivity contribution in [1.82, 2.24) is 9.21 Å². The van der Waals surface area contributed by atoms with Gasteiger partial charge >= 0.3 is 0 Å². The molecule has 0 radical (unpaired) electrons. The van der Waals surface area contributed by atoms with Gasteiger partial charge in [-0.05, 0) is 50.2 Å². The molecule has 0 aliphatic carbocycles. The summed E-state index contributed by atoms with van der Waals surface area (Å²) in [6, 6.07) is 14.7. The molecule has 0 bridgehead atoms. The monoisotopic (exact) mass is 415 g/mol. The topological polar surface area (TPSA) is 86.8 Å². The number of rotatable bonds is 6. The normalized spacial score (nSPS) is 16.9. The second kappa shape index (κ2) is 8.86. The van der Waals surface area contributed by atoms with Crippen molar-refractivity contribution in [2.45, 2.75) is 24.8 Å². The van der Waals surface area contributed by atoms with Crippen molar-refractivity contribution in [1.29, 1.82) is 0 Å². The van der Waals surface area contributed by atoms with Gasteiger partial charge in [0.25, 0.3) is 0 Å². The first kappa shape index (κ1) is 21.2. The Kier molecular flexibility index (Phi) is 6.46. The van der Waals surface area contributed by atoms with Crippen molar-refractivity contribution >= 4 is 27.4 Å². The van der Waals surface area contributed by atoms with E-state index in [4.69, 9.17) is 0 Å². The Hall–Kier alpha value is -2.55. The lowest BCUT2D eigenvalue weighted by Gasteiger charge is -2.36. The number of hydrogen-bond acceptors (Lipinski definition) is 5. The molecule has 1 saturated heterocycles. The van der Waals surface area contributed by atoms with E-state index in [9.17, 15) is 18.0 Å². The van der Waals surface area contributed by atoms with Crippen LogP contribution in [0.2, 0.25) is 0 Å². The SMILES string of the molecule is CC(=O)c1ccc(NC(=O)[C@@H](C)N2CCN(S(=O)(=O)c3ccccc3)CC2)cc1. The molecule has 0 spiro atoms. The molecule has 8 heteroatoms. The Morgan fingerprint density at radius 2 is 1.52 bits per heavy atom. The van der Waals surface area contributed by atoms with Gasteiger partial charge in [-0.25, -0.2) is 8.42 Å². The first-order valence-corrected chi connectivity index (χ1v) is 10.9. The maximum atomic E-state index is 12.7. The number of benzene rings is 2. The van der Waals surface area contributed by atoms with Crippen LogP contribution in [0.1, 0.15) is 24.2 Å². The summed E-state index contributed by atoms with van der Waals surface area (Å²) in [5, 5.41) is 2.85. The van der Waals surface area contributed by atoms with Crippen LogP contribution < -0.4 is 5.32 Å². The van der Waals surface area contributed by atoms with Crippen LogP contribution in [0.15, 0.2) is 59.5 Å². The smallest absolute Gasteiger partial charge is 0.243 e. The van der Waals surface area contributed by atoms with Crippen LogP contribution in [0.4, 0.5) is 5.69 Å². The Morgan fingerprint density at radius 3 is 2.07 bits per heavy atom. The van der Waals surface area contributed by atoms with Gasteiger partial charge in [0, 0.05) is 37.4 Å². The molecule has 1 N–H and O–H groups in total. The van der Waals surface area contributed by atoms with E-state index in [2.05, 4.69) is 5.32 Å². The van der Waals surface area contributed by atoms with Crippen molar-refractivity contribution in [2.24, 2.45) is 0 Å². The van der Waals surface area contributed by atoms with Gasteiger partial charge in [-0.3, -0.25) is 14.5 Å². The summed E-state index contributed by atoms with van der Waals surface area (Å²) in [5.41, 5.74) is 1.21. The summed E-state index contributed by atoms with van der Waals surface area (Å²) in [7, 11) is -3.51. The maximum absolute atomic E-state index is 12.7. The maximum Gasteiger partial charge on any atom is 0.243 e. The first-order chi connectivity index (χ1) is 13.8. The molecule has 29 heavy (non-hydrogen) atoms. The van der Waals surface area contributed by atoms with Crippen molar-refractivity contribution < 1.29 is 18.0 Å². The van der Waals surface area contributed by atoms with Gasteiger partial charge in [-0.1, -0.05) is 18.2 Å². The highest BCUT2D eigenvalue weighted by Crippen LogP contribution is 2.18. The predicted octanol–water partition coefficient (Wildman–Crippen LogP) is 2.22. The van der Waals surface area contributed by atoms with Crippen LogP contribution in [0.3, 0.4) is 0 Å². The lowest BCUT2D eigenvalue weighted by atomic mass is 10.1. The van der Waals surface area contributed by atoms with E-state index in [0.717, 1.165) is 0 Å². The van der Waals surface area contributed by atoms with E-state index in [1.165, 1.54) is 11.2 Å². The summed E-state index contributed by atoms with van der Waals surface area (Å²) in [5.74, 6) is -0.195. The third-order valence-electron chi connectivity index (χ3n) is 5.14. The largest absolute Gasteiger partial charge is 0.325 e. The Morgan fingerprint density at radius 1 is 0.931 bits per heavy atom. The van der Waals surface area contributed by atoms with Gasteiger partial charge in [0.2, 0.25) is 15.9 Å². The summed E-state index contributed by atoms with van der Waals surface area (Å²) in [6.07, 6.45) is 0. The van der Waals surface area contributed by atoms with Crippen LogP contribution in [-0.4, -0.2) is 61.5 Å².